The van der Waals surface area contributed by atoms with Crippen LogP contribution in [0.15, 0.2) is 0 Å². The Labute approximate surface area is 124 Å². The molecular formula is C17H32O3. The van der Waals surface area contributed by atoms with Crippen molar-refractivity contribution in [3.8, 4) is 0 Å². The van der Waals surface area contributed by atoms with Crippen LogP contribution in [0.25, 0.3) is 0 Å². The van der Waals surface area contributed by atoms with Crippen LogP contribution >= 0.6 is 0 Å². The highest BCUT2D eigenvalue weighted by atomic mass is 16.4. The van der Waals surface area contributed by atoms with Crippen molar-refractivity contribution in [2.24, 2.45) is 0 Å². The predicted molar refractivity (Wildman–Crippen MR) is 83.0 cm³/mol. The van der Waals surface area contributed by atoms with Crippen LogP contribution in [0.4, 0.5) is 0 Å². The molecule has 0 rings (SSSR count). The molecule has 3 nitrogen and oxygen atoms in total. The summed E-state index contributed by atoms with van der Waals surface area (Å²) in [6.45, 7) is 2.12. The van der Waals surface area contributed by atoms with Gasteiger partial charge in [0.15, 0.2) is 0 Å². The fraction of sp³-hybridized carbons (Fsp3) is 0.882. The molecular weight excluding hydrogens is 252 g/mol. The maximum Gasteiger partial charge on any atom is 0.303 e. The zero-order valence-corrected chi connectivity index (χ0v) is 13.2. The van der Waals surface area contributed by atoms with Gasteiger partial charge in [0.05, 0.1) is 0 Å². The fourth-order valence-electron chi connectivity index (χ4n) is 2.33. The first-order valence-electron chi connectivity index (χ1n) is 8.40. The number of ketones is 1. The van der Waals surface area contributed by atoms with Gasteiger partial charge in [0, 0.05) is 19.3 Å². The summed E-state index contributed by atoms with van der Waals surface area (Å²) in [5.74, 6) is -0.247. The minimum absolute atomic E-state index is 0.312. The number of hydrogen-bond donors (Lipinski definition) is 1. The van der Waals surface area contributed by atoms with Crippen LogP contribution in [0.3, 0.4) is 0 Å². The minimum atomic E-state index is -0.682. The van der Waals surface area contributed by atoms with Crippen LogP contribution in [0, 0.1) is 0 Å². The molecule has 0 aliphatic carbocycles. The Balaban J connectivity index is 3.09. The van der Waals surface area contributed by atoms with Crippen LogP contribution in [0.2, 0.25) is 0 Å². The molecule has 0 aromatic rings. The van der Waals surface area contributed by atoms with Crippen LogP contribution in [-0.4, -0.2) is 16.9 Å². The summed E-state index contributed by atoms with van der Waals surface area (Å²) in [5, 5.41) is 8.50. The average molecular weight is 284 g/mol. The van der Waals surface area contributed by atoms with Gasteiger partial charge in [-0.1, -0.05) is 58.3 Å². The van der Waals surface area contributed by atoms with Gasteiger partial charge in [0.1, 0.15) is 5.78 Å². The van der Waals surface area contributed by atoms with Gasteiger partial charge in [0.25, 0.3) is 0 Å². The summed E-state index contributed by atoms with van der Waals surface area (Å²) in [4.78, 5) is 21.8. The largest absolute Gasteiger partial charge is 0.481 e. The van der Waals surface area contributed by atoms with E-state index in [1.807, 2.05) is 0 Å². The molecule has 0 aliphatic rings. The van der Waals surface area contributed by atoms with E-state index in [1.54, 1.807) is 0 Å². The maximum atomic E-state index is 11.4. The molecule has 0 aliphatic heterocycles. The second kappa shape index (κ2) is 14.5. The Bertz CT molecular complexity index is 249. The topological polar surface area (TPSA) is 54.4 Å². The third kappa shape index (κ3) is 15.2. The summed E-state index contributed by atoms with van der Waals surface area (Å²) < 4.78 is 0. The number of hydrogen-bond acceptors (Lipinski definition) is 2. The minimum Gasteiger partial charge on any atom is -0.481 e. The highest BCUT2D eigenvalue weighted by Gasteiger charge is 2.00. The number of aliphatic carboxylic acids is 1. The van der Waals surface area contributed by atoms with E-state index in [1.165, 1.54) is 32.1 Å². The van der Waals surface area contributed by atoms with E-state index in [0.29, 0.717) is 12.2 Å². The van der Waals surface area contributed by atoms with Crippen molar-refractivity contribution >= 4 is 11.8 Å². The smallest absolute Gasteiger partial charge is 0.303 e. The van der Waals surface area contributed by atoms with E-state index in [0.717, 1.165) is 51.4 Å². The van der Waals surface area contributed by atoms with Crippen LogP contribution in [0.1, 0.15) is 96.8 Å². The van der Waals surface area contributed by atoms with Gasteiger partial charge in [0.2, 0.25) is 0 Å². The summed E-state index contributed by atoms with van der Waals surface area (Å²) in [5.41, 5.74) is 0. The lowest BCUT2D eigenvalue weighted by molar-refractivity contribution is -0.137. The number of carbonyl (C=O) groups excluding carboxylic acids is 1. The monoisotopic (exact) mass is 284 g/mol. The van der Waals surface area contributed by atoms with Gasteiger partial charge >= 0.3 is 5.97 Å². The second-order valence-corrected chi connectivity index (χ2v) is 5.72. The molecule has 0 spiro atoms. The number of carbonyl (C=O) groups is 2. The Hall–Kier alpha value is -0.860. The van der Waals surface area contributed by atoms with E-state index in [-0.39, 0.29) is 0 Å². The third-order valence-corrected chi connectivity index (χ3v) is 3.66. The summed E-state index contributed by atoms with van der Waals surface area (Å²) in [7, 11) is 0. The van der Waals surface area contributed by atoms with Crippen molar-refractivity contribution < 1.29 is 14.7 Å². The molecule has 0 aromatic carbocycles. The molecule has 0 heterocycles. The average Bonchev–Trinajstić information content (AvgIpc) is 2.42. The Morgan fingerprint density at radius 3 is 1.50 bits per heavy atom. The van der Waals surface area contributed by atoms with E-state index >= 15 is 0 Å². The molecule has 0 bridgehead atoms. The van der Waals surface area contributed by atoms with Crippen molar-refractivity contribution in [1.82, 2.24) is 0 Å². The molecule has 20 heavy (non-hydrogen) atoms. The molecule has 0 saturated heterocycles. The van der Waals surface area contributed by atoms with Crippen molar-refractivity contribution in [2.45, 2.75) is 96.8 Å². The molecule has 3 heteroatoms. The van der Waals surface area contributed by atoms with Crippen LogP contribution in [-0.2, 0) is 9.59 Å². The molecule has 118 valence electrons. The lowest BCUT2D eigenvalue weighted by Crippen LogP contribution is -1.97. The molecule has 0 saturated carbocycles. The molecule has 1 N–H and O–H groups in total. The first-order valence-corrected chi connectivity index (χ1v) is 8.40. The van der Waals surface area contributed by atoms with E-state index in [2.05, 4.69) is 6.92 Å². The van der Waals surface area contributed by atoms with Crippen molar-refractivity contribution in [2.75, 3.05) is 0 Å². The zero-order chi connectivity index (χ0) is 15.1. The summed E-state index contributed by atoms with van der Waals surface area (Å²) in [6.07, 6.45) is 14.2. The standard InChI is InChI=1S/C17H32O3/c1-2-3-13-16(18)14-11-9-7-5-4-6-8-10-12-15-17(19)20/h2-15H2,1H3,(H,19,20). The van der Waals surface area contributed by atoms with Gasteiger partial charge in [-0.05, 0) is 19.3 Å². The quantitative estimate of drug-likeness (QED) is 0.424. The van der Waals surface area contributed by atoms with Gasteiger partial charge in [-0.15, -0.1) is 0 Å². The van der Waals surface area contributed by atoms with Crippen LogP contribution in [0.5, 0.6) is 0 Å². The number of carboxylic acid groups (broad SMARTS) is 1. The lowest BCUT2D eigenvalue weighted by Gasteiger charge is -2.02. The molecule has 0 atom stereocenters. The van der Waals surface area contributed by atoms with Gasteiger partial charge in [-0.3, -0.25) is 9.59 Å². The van der Waals surface area contributed by atoms with Gasteiger partial charge in [-0.25, -0.2) is 0 Å². The van der Waals surface area contributed by atoms with Gasteiger partial charge < -0.3 is 5.11 Å². The zero-order valence-electron chi connectivity index (χ0n) is 13.2. The van der Waals surface area contributed by atoms with Crippen LogP contribution < -0.4 is 0 Å². The Morgan fingerprint density at radius 2 is 1.05 bits per heavy atom. The Kier molecular flexibility index (Phi) is 13.9. The molecule has 0 aromatic heterocycles. The number of unbranched alkanes of at least 4 members (excludes halogenated alkanes) is 9. The predicted octanol–water partition coefficient (Wildman–Crippen LogP) is 5.12. The number of carboxylic acids is 1. The van der Waals surface area contributed by atoms with E-state index in [4.69, 9.17) is 5.11 Å². The second-order valence-electron chi connectivity index (χ2n) is 5.72. The van der Waals surface area contributed by atoms with E-state index in [9.17, 15) is 9.59 Å². The molecule has 0 fully saturated rings. The molecule has 0 radical (unpaired) electrons. The first kappa shape index (κ1) is 19.1. The maximum absolute atomic E-state index is 11.4. The SMILES string of the molecule is CCCCC(=O)CCCCCCCCCCCC(=O)O. The fourth-order valence-corrected chi connectivity index (χ4v) is 2.33. The third-order valence-electron chi connectivity index (χ3n) is 3.66. The summed E-state index contributed by atoms with van der Waals surface area (Å²) in [6, 6.07) is 0. The van der Waals surface area contributed by atoms with Crippen molar-refractivity contribution in [1.29, 1.82) is 0 Å². The first-order chi connectivity index (χ1) is 9.66. The highest BCUT2D eigenvalue weighted by Crippen LogP contribution is 2.12. The highest BCUT2D eigenvalue weighted by molar-refractivity contribution is 5.78. The number of Topliss-reactive ketones (excluding diaryl/α,β-unsaturated/α-hetero) is 1. The Morgan fingerprint density at radius 1 is 0.650 bits per heavy atom. The molecule has 0 unspecified atom stereocenters. The van der Waals surface area contributed by atoms with Crippen molar-refractivity contribution in [3.63, 3.8) is 0 Å². The lowest BCUT2D eigenvalue weighted by atomic mass is 10.0. The molecule has 0 amide bonds. The summed E-state index contributed by atoms with van der Waals surface area (Å²) >= 11 is 0. The normalized spacial score (nSPS) is 10.7. The van der Waals surface area contributed by atoms with E-state index < -0.39 is 5.97 Å². The number of rotatable bonds is 15. The van der Waals surface area contributed by atoms with Gasteiger partial charge in [-0.2, -0.15) is 0 Å². The van der Waals surface area contributed by atoms with Crippen molar-refractivity contribution in [3.05, 3.63) is 0 Å².